The minimum absolute atomic E-state index is 0.105. The van der Waals surface area contributed by atoms with Crippen LogP contribution < -0.4 is 0 Å². The van der Waals surface area contributed by atoms with Gasteiger partial charge in [-0.15, -0.1) is 15.0 Å². The Morgan fingerprint density at radius 2 is 1.76 bits per heavy atom. The van der Waals surface area contributed by atoms with Gasteiger partial charge < -0.3 is 14.6 Å². The van der Waals surface area contributed by atoms with Crippen LogP contribution in [0.25, 0.3) is 23.4 Å². The molecule has 2 aromatic heterocycles. The summed E-state index contributed by atoms with van der Waals surface area (Å²) in [4.78, 5) is 27.3. The van der Waals surface area contributed by atoms with Gasteiger partial charge in [-0.1, -0.05) is 12.1 Å². The van der Waals surface area contributed by atoms with Crippen molar-refractivity contribution in [2.45, 2.75) is 39.4 Å². The van der Waals surface area contributed by atoms with Gasteiger partial charge in [-0.25, -0.2) is 9.78 Å². The van der Waals surface area contributed by atoms with Crippen molar-refractivity contribution in [3.63, 3.8) is 0 Å². The number of carbonyl (C=O) groups excluding carboxylic acids is 1. The molecule has 42 heavy (non-hydrogen) atoms. The van der Waals surface area contributed by atoms with E-state index in [1.807, 2.05) is 0 Å². The molecule has 222 valence electrons. The third-order valence-electron chi connectivity index (χ3n) is 5.52. The molecule has 0 saturated heterocycles. The number of hydrogen-bond donors (Lipinski definition) is 1. The zero-order valence-corrected chi connectivity index (χ0v) is 22.0. The molecule has 0 spiro atoms. The Kier molecular flexibility index (Phi) is 8.94. The first-order valence-electron chi connectivity index (χ1n) is 11.8. The summed E-state index contributed by atoms with van der Waals surface area (Å²) >= 11 is 0. The predicted octanol–water partition coefficient (Wildman–Crippen LogP) is 6.20. The number of halogens is 6. The molecule has 1 atom stereocenters. The minimum atomic E-state index is -4.85. The zero-order chi connectivity index (χ0) is 31.5. The molecule has 16 heteroatoms. The van der Waals surface area contributed by atoms with Crippen molar-refractivity contribution >= 4 is 24.3 Å². The minimum Gasteiger partial charge on any atom is -0.481 e. The maximum Gasteiger partial charge on any atom is 0.510 e. The van der Waals surface area contributed by atoms with Crippen LogP contribution in [0.2, 0.25) is 0 Å². The van der Waals surface area contributed by atoms with E-state index < -0.39 is 59.7 Å². The average Bonchev–Trinajstić information content (AvgIpc) is 3.35. The Bertz CT molecular complexity index is 1560. The highest BCUT2D eigenvalue weighted by Gasteiger charge is 2.33. The Labute approximate surface area is 233 Å². The average molecular weight is 597 g/mol. The molecule has 1 aromatic carbocycles. The van der Waals surface area contributed by atoms with E-state index in [2.05, 4.69) is 15.2 Å². The number of pyridine rings is 1. The SMILES string of the molecule is CC(OC(=O)OCC(C)(C)C(=O)O)n1nc(C#N)c(-c2cc(/C=C/c3cccc(C(F)(F)F)n3)cc(C(F)(F)F)c2)n1. The number of hydrogen-bond acceptors (Lipinski definition) is 8. The first-order chi connectivity index (χ1) is 19.4. The van der Waals surface area contributed by atoms with Gasteiger partial charge in [-0.3, -0.25) is 4.79 Å². The van der Waals surface area contributed by atoms with Crippen LogP contribution in [0.3, 0.4) is 0 Å². The Morgan fingerprint density at radius 1 is 1.07 bits per heavy atom. The summed E-state index contributed by atoms with van der Waals surface area (Å²) in [5.74, 6) is -1.23. The first-order valence-corrected chi connectivity index (χ1v) is 11.8. The highest BCUT2D eigenvalue weighted by molar-refractivity contribution is 5.75. The Morgan fingerprint density at radius 3 is 2.36 bits per heavy atom. The van der Waals surface area contributed by atoms with Gasteiger partial charge in [0.05, 0.1) is 16.7 Å². The van der Waals surface area contributed by atoms with Crippen LogP contribution >= 0.6 is 0 Å². The van der Waals surface area contributed by atoms with Gasteiger partial charge in [0, 0.05) is 5.56 Å². The van der Waals surface area contributed by atoms with E-state index in [1.54, 1.807) is 6.07 Å². The Hall–Kier alpha value is -4.94. The number of rotatable bonds is 8. The fraction of sp³-hybridized carbons (Fsp3) is 0.308. The molecule has 0 radical (unpaired) electrons. The second-order valence-corrected chi connectivity index (χ2v) is 9.39. The highest BCUT2D eigenvalue weighted by atomic mass is 19.4. The standard InChI is InChI=1S/C26H21F6N5O5/c1-14(42-23(40)41-13-24(2,3)22(38)39)37-35-19(12-33)21(36-37)16-9-15(10-17(11-16)25(27,28)29)7-8-18-5-4-6-20(34-18)26(30,31)32/h4-11,14H,13H2,1-3H3,(H,38,39)/b8-7+. The van der Waals surface area contributed by atoms with Crippen molar-refractivity contribution in [2.75, 3.05) is 6.61 Å². The zero-order valence-electron chi connectivity index (χ0n) is 22.0. The van der Waals surface area contributed by atoms with E-state index in [4.69, 9.17) is 14.6 Å². The summed E-state index contributed by atoms with van der Waals surface area (Å²) in [5, 5.41) is 26.5. The van der Waals surface area contributed by atoms with Crippen LogP contribution in [0.15, 0.2) is 36.4 Å². The monoisotopic (exact) mass is 597 g/mol. The maximum absolute atomic E-state index is 13.7. The van der Waals surface area contributed by atoms with Gasteiger partial charge in [0.25, 0.3) is 0 Å². The molecule has 10 nitrogen and oxygen atoms in total. The summed E-state index contributed by atoms with van der Waals surface area (Å²) in [6.45, 7) is 3.34. The largest absolute Gasteiger partial charge is 0.510 e. The second-order valence-electron chi connectivity index (χ2n) is 9.39. The molecule has 0 bridgehead atoms. The van der Waals surface area contributed by atoms with Crippen LogP contribution in [-0.4, -0.2) is 43.8 Å². The molecule has 2 heterocycles. The van der Waals surface area contributed by atoms with Crippen molar-refractivity contribution in [2.24, 2.45) is 5.41 Å². The molecule has 1 unspecified atom stereocenters. The topological polar surface area (TPSA) is 140 Å². The molecule has 0 fully saturated rings. The van der Waals surface area contributed by atoms with E-state index in [0.717, 1.165) is 35.1 Å². The lowest BCUT2D eigenvalue weighted by Crippen LogP contribution is -2.31. The Balaban J connectivity index is 1.93. The van der Waals surface area contributed by atoms with E-state index >= 15 is 0 Å². The van der Waals surface area contributed by atoms with Crippen molar-refractivity contribution in [1.29, 1.82) is 5.26 Å². The predicted molar refractivity (Wildman–Crippen MR) is 132 cm³/mol. The lowest BCUT2D eigenvalue weighted by Gasteiger charge is -2.19. The normalized spacial score (nSPS) is 13.0. The van der Waals surface area contributed by atoms with E-state index in [9.17, 15) is 41.2 Å². The van der Waals surface area contributed by atoms with Gasteiger partial charge in [0.1, 0.15) is 24.1 Å². The first kappa shape index (κ1) is 31.6. The number of benzene rings is 1. The van der Waals surface area contributed by atoms with Crippen LogP contribution in [0, 0.1) is 16.7 Å². The lowest BCUT2D eigenvalue weighted by molar-refractivity contribution is -0.149. The van der Waals surface area contributed by atoms with Crippen LogP contribution in [0.4, 0.5) is 31.1 Å². The summed E-state index contributed by atoms with van der Waals surface area (Å²) in [6, 6.07) is 7.39. The summed E-state index contributed by atoms with van der Waals surface area (Å²) < 4.78 is 89.8. The van der Waals surface area contributed by atoms with Crippen molar-refractivity contribution in [3.05, 3.63) is 64.6 Å². The van der Waals surface area contributed by atoms with Gasteiger partial charge in [-0.05, 0) is 62.7 Å². The summed E-state index contributed by atoms with van der Waals surface area (Å²) in [6.07, 6.45) is -9.99. The maximum atomic E-state index is 13.7. The number of ether oxygens (including phenoxy) is 2. The van der Waals surface area contributed by atoms with Crippen molar-refractivity contribution in [3.8, 4) is 17.3 Å². The molecule has 3 aromatic rings. The third-order valence-corrected chi connectivity index (χ3v) is 5.52. The fourth-order valence-electron chi connectivity index (χ4n) is 3.21. The van der Waals surface area contributed by atoms with E-state index in [-0.39, 0.29) is 22.5 Å². The summed E-state index contributed by atoms with van der Waals surface area (Å²) in [5.41, 5.74) is -4.99. The van der Waals surface area contributed by atoms with E-state index in [0.29, 0.717) is 6.07 Å². The van der Waals surface area contributed by atoms with Crippen molar-refractivity contribution < 1.29 is 50.5 Å². The van der Waals surface area contributed by atoms with Crippen LogP contribution in [-0.2, 0) is 26.6 Å². The van der Waals surface area contributed by atoms with Crippen LogP contribution in [0.1, 0.15) is 55.2 Å². The van der Waals surface area contributed by atoms with Gasteiger partial charge in [-0.2, -0.15) is 31.6 Å². The molecule has 0 aliphatic heterocycles. The van der Waals surface area contributed by atoms with E-state index in [1.165, 1.54) is 32.9 Å². The number of aliphatic carboxylic acids is 1. The lowest BCUT2D eigenvalue weighted by atomic mass is 9.95. The molecular weight excluding hydrogens is 576 g/mol. The molecule has 0 aliphatic rings. The second kappa shape index (κ2) is 11.9. The summed E-state index contributed by atoms with van der Waals surface area (Å²) in [7, 11) is 0. The number of aromatic nitrogens is 4. The van der Waals surface area contributed by atoms with Crippen molar-refractivity contribution in [1.82, 2.24) is 20.0 Å². The highest BCUT2D eigenvalue weighted by Crippen LogP contribution is 2.34. The van der Waals surface area contributed by atoms with Crippen LogP contribution in [0.5, 0.6) is 0 Å². The van der Waals surface area contributed by atoms with Gasteiger partial charge in [0.2, 0.25) is 6.23 Å². The molecule has 3 rings (SSSR count). The van der Waals surface area contributed by atoms with Gasteiger partial charge >= 0.3 is 24.5 Å². The molecule has 0 amide bonds. The quantitative estimate of drug-likeness (QED) is 0.237. The number of alkyl halides is 6. The number of nitrogens with zero attached hydrogens (tertiary/aromatic N) is 5. The fourth-order valence-corrected chi connectivity index (χ4v) is 3.21. The van der Waals surface area contributed by atoms with Gasteiger partial charge in [0.15, 0.2) is 5.69 Å². The molecular formula is C26H21F6N5O5. The molecule has 1 N–H and O–H groups in total. The molecule has 0 saturated carbocycles. The molecule has 0 aliphatic carbocycles. The number of carboxylic acids is 1. The smallest absolute Gasteiger partial charge is 0.481 e. The number of carbonyl (C=O) groups is 2. The number of nitriles is 1. The number of carboxylic acid groups (broad SMARTS) is 1. The third kappa shape index (κ3) is 7.83.